The van der Waals surface area contributed by atoms with Crippen LogP contribution in [0.5, 0.6) is 0 Å². The maximum absolute atomic E-state index is 11.2. The van der Waals surface area contributed by atoms with E-state index in [-0.39, 0.29) is 56.3 Å². The van der Waals surface area contributed by atoms with Gasteiger partial charge in [-0.1, -0.05) is 77.6 Å². The van der Waals surface area contributed by atoms with E-state index in [0.717, 1.165) is 32.1 Å². The first kappa shape index (κ1) is 27.6. The molecule has 0 aliphatic carbocycles. The molecule has 2 N–H and O–H groups in total. The Morgan fingerprint density at radius 3 is 1.84 bits per heavy atom. The van der Waals surface area contributed by atoms with E-state index in [4.69, 9.17) is 9.84 Å². The quantitative estimate of drug-likeness (QED) is 0.220. The zero-order valence-electron chi connectivity index (χ0n) is 17.8. The number of hydrogen-bond acceptors (Lipinski definition) is 4. The van der Waals surface area contributed by atoms with Crippen LogP contribution in [-0.2, 0) is 9.53 Å². The van der Waals surface area contributed by atoms with E-state index in [1.807, 2.05) is 0 Å². The molecule has 0 aliphatic heterocycles. The Labute approximate surface area is 178 Å². The molecule has 146 valence electrons. The Kier molecular flexibility index (Phi) is 24.8. The van der Waals surface area contributed by atoms with Gasteiger partial charge in [-0.25, -0.2) is 0 Å². The number of carbonyl (C=O) groups is 1. The normalized spacial score (nSPS) is 11.8. The summed E-state index contributed by atoms with van der Waals surface area (Å²) < 4.78 is 4.81. The van der Waals surface area contributed by atoms with Crippen LogP contribution in [0.3, 0.4) is 0 Å². The molecule has 0 bridgehead atoms. The van der Waals surface area contributed by atoms with Gasteiger partial charge < -0.3 is 16.4 Å². The summed E-state index contributed by atoms with van der Waals surface area (Å²) in [6.07, 6.45) is 16.8. The Bertz CT molecular complexity index is 281. The van der Waals surface area contributed by atoms with Crippen LogP contribution in [0.25, 0.3) is 0 Å². The SMILES string of the molecule is CCCC(O)CCCCCCCCCCCCCC(=O)OCCO.[H-].[Na+]. The van der Waals surface area contributed by atoms with E-state index in [1.54, 1.807) is 0 Å². The number of unbranched alkanes of at least 4 members (excludes halogenated alkanes) is 10. The van der Waals surface area contributed by atoms with Gasteiger partial charge in [0.2, 0.25) is 0 Å². The van der Waals surface area contributed by atoms with Crippen LogP contribution in [0, 0.1) is 0 Å². The van der Waals surface area contributed by atoms with Gasteiger partial charge in [-0.3, -0.25) is 4.79 Å². The molecule has 0 saturated heterocycles. The van der Waals surface area contributed by atoms with Crippen molar-refractivity contribution in [2.75, 3.05) is 13.2 Å². The molecule has 0 aromatic heterocycles. The van der Waals surface area contributed by atoms with Gasteiger partial charge >= 0.3 is 35.5 Å². The summed E-state index contributed by atoms with van der Waals surface area (Å²) >= 11 is 0. The van der Waals surface area contributed by atoms with Crippen LogP contribution in [0.15, 0.2) is 0 Å². The molecule has 0 saturated carbocycles. The van der Waals surface area contributed by atoms with Gasteiger partial charge in [0.15, 0.2) is 0 Å². The van der Waals surface area contributed by atoms with E-state index in [9.17, 15) is 9.90 Å². The van der Waals surface area contributed by atoms with Gasteiger partial charge in [0, 0.05) is 6.42 Å². The van der Waals surface area contributed by atoms with Gasteiger partial charge in [0.1, 0.15) is 6.61 Å². The van der Waals surface area contributed by atoms with Gasteiger partial charge in [0.25, 0.3) is 0 Å². The van der Waals surface area contributed by atoms with Crippen LogP contribution in [-0.4, -0.2) is 35.5 Å². The van der Waals surface area contributed by atoms with E-state index in [2.05, 4.69) is 6.92 Å². The molecular weight excluding hydrogens is 327 g/mol. The van der Waals surface area contributed by atoms with Crippen molar-refractivity contribution in [2.24, 2.45) is 0 Å². The van der Waals surface area contributed by atoms with Gasteiger partial charge in [-0.15, -0.1) is 0 Å². The molecule has 1 atom stereocenters. The molecule has 25 heavy (non-hydrogen) atoms. The van der Waals surface area contributed by atoms with Crippen molar-refractivity contribution in [3.8, 4) is 0 Å². The van der Waals surface area contributed by atoms with Crippen molar-refractivity contribution in [1.82, 2.24) is 0 Å². The van der Waals surface area contributed by atoms with E-state index >= 15 is 0 Å². The Balaban J connectivity index is -0.00000264. The molecule has 4 nitrogen and oxygen atoms in total. The summed E-state index contributed by atoms with van der Waals surface area (Å²) in [7, 11) is 0. The predicted molar refractivity (Wildman–Crippen MR) is 100 cm³/mol. The van der Waals surface area contributed by atoms with Crippen molar-refractivity contribution in [1.29, 1.82) is 0 Å². The fraction of sp³-hybridized carbons (Fsp3) is 0.950. The summed E-state index contributed by atoms with van der Waals surface area (Å²) in [5.41, 5.74) is 0. The average molecular weight is 369 g/mol. The molecule has 0 aromatic rings. The first-order valence-electron chi connectivity index (χ1n) is 10.1. The number of aliphatic hydroxyl groups excluding tert-OH is 2. The molecule has 0 radical (unpaired) electrons. The third kappa shape index (κ3) is 22.3. The van der Waals surface area contributed by atoms with Gasteiger partial charge in [-0.05, 0) is 19.3 Å². The minimum absolute atomic E-state index is 0. The van der Waals surface area contributed by atoms with Crippen LogP contribution >= 0.6 is 0 Å². The molecule has 0 heterocycles. The number of rotatable bonds is 18. The van der Waals surface area contributed by atoms with Crippen LogP contribution in [0.2, 0.25) is 0 Å². The number of hydrogen-bond donors (Lipinski definition) is 2. The second-order valence-corrected chi connectivity index (χ2v) is 6.81. The fourth-order valence-electron chi connectivity index (χ4n) is 2.95. The van der Waals surface area contributed by atoms with E-state index in [1.165, 1.54) is 57.8 Å². The Morgan fingerprint density at radius 2 is 1.36 bits per heavy atom. The first-order chi connectivity index (χ1) is 11.7. The van der Waals surface area contributed by atoms with Gasteiger partial charge in [-0.2, -0.15) is 0 Å². The number of carbonyl (C=O) groups excluding carboxylic acids is 1. The second kappa shape index (κ2) is 22.4. The molecule has 0 spiro atoms. The standard InChI is InChI=1S/C20H40O4.Na.H/c1-2-14-19(22)15-12-10-8-6-4-3-5-7-9-11-13-16-20(23)24-18-17-21;;/h19,21-22H,2-18H2,1H3;;/q;+1;-1. The van der Waals surface area contributed by atoms with Crippen molar-refractivity contribution in [3.63, 3.8) is 0 Å². The Morgan fingerprint density at radius 1 is 0.880 bits per heavy atom. The molecule has 0 aromatic carbocycles. The van der Waals surface area contributed by atoms with E-state index < -0.39 is 0 Å². The fourth-order valence-corrected chi connectivity index (χ4v) is 2.95. The van der Waals surface area contributed by atoms with Crippen LogP contribution in [0.1, 0.15) is 105 Å². The molecule has 1 unspecified atom stereocenters. The van der Waals surface area contributed by atoms with E-state index in [0.29, 0.717) is 6.42 Å². The summed E-state index contributed by atoms with van der Waals surface area (Å²) in [6.45, 7) is 2.15. The average Bonchev–Trinajstić information content (AvgIpc) is 2.57. The second-order valence-electron chi connectivity index (χ2n) is 6.81. The third-order valence-corrected chi connectivity index (χ3v) is 4.39. The van der Waals surface area contributed by atoms with Crippen LogP contribution < -0.4 is 29.6 Å². The summed E-state index contributed by atoms with van der Waals surface area (Å²) in [6, 6.07) is 0. The Hall–Kier alpha value is 0.390. The predicted octanol–water partition coefficient (Wildman–Crippen LogP) is 1.87. The minimum atomic E-state index is -0.189. The molecule has 5 heteroatoms. The van der Waals surface area contributed by atoms with Crippen molar-refractivity contribution in [2.45, 2.75) is 109 Å². The third-order valence-electron chi connectivity index (χ3n) is 4.39. The largest absolute Gasteiger partial charge is 1.00 e. The van der Waals surface area contributed by atoms with Crippen molar-refractivity contribution >= 4 is 5.97 Å². The maximum Gasteiger partial charge on any atom is 1.00 e. The molecular formula is C20H41NaO4. The van der Waals surface area contributed by atoms with Gasteiger partial charge in [0.05, 0.1) is 12.7 Å². The number of ether oxygens (including phenoxy) is 1. The molecule has 0 rings (SSSR count). The molecule has 0 aliphatic rings. The summed E-state index contributed by atoms with van der Waals surface area (Å²) in [5.74, 6) is -0.189. The van der Waals surface area contributed by atoms with Crippen LogP contribution in [0.4, 0.5) is 0 Å². The smallest absolute Gasteiger partial charge is 1.00 e. The summed E-state index contributed by atoms with van der Waals surface area (Å²) in [5, 5.41) is 18.2. The first-order valence-corrected chi connectivity index (χ1v) is 10.1. The summed E-state index contributed by atoms with van der Waals surface area (Å²) in [4.78, 5) is 11.2. The molecule has 0 amide bonds. The zero-order chi connectivity index (χ0) is 17.9. The minimum Gasteiger partial charge on any atom is -1.00 e. The maximum atomic E-state index is 11.2. The number of aliphatic hydroxyl groups is 2. The topological polar surface area (TPSA) is 66.8 Å². The monoisotopic (exact) mass is 368 g/mol. The molecule has 0 fully saturated rings. The zero-order valence-corrected chi connectivity index (χ0v) is 18.8. The van der Waals surface area contributed by atoms with Crippen molar-refractivity contribution in [3.05, 3.63) is 0 Å². The van der Waals surface area contributed by atoms with Crippen molar-refractivity contribution < 1.29 is 50.7 Å². The number of esters is 1.